The van der Waals surface area contributed by atoms with Crippen LogP contribution in [0.5, 0.6) is 0 Å². The number of nitrogens with two attached hydrogens (primary N) is 1. The maximum Gasteiger partial charge on any atom is 0.0597 e. The molecular weight excluding hydrogens is 190 g/mol. The van der Waals surface area contributed by atoms with Gasteiger partial charge in [-0.25, -0.2) is 0 Å². The number of aryl methyl sites for hydroxylation is 2. The summed E-state index contributed by atoms with van der Waals surface area (Å²) in [5.74, 6) is 0.403. The summed E-state index contributed by atoms with van der Waals surface area (Å²) in [7, 11) is 3.65. The zero-order valence-corrected chi connectivity index (χ0v) is 10.0. The number of aromatic nitrogens is 2. The Morgan fingerprint density at radius 2 is 2.27 bits per heavy atom. The highest BCUT2D eigenvalue weighted by molar-refractivity contribution is 5.13. The molecule has 1 rings (SSSR count). The molecule has 0 aromatic carbocycles. The lowest BCUT2D eigenvalue weighted by molar-refractivity contribution is 0.174. The molecule has 86 valence electrons. The van der Waals surface area contributed by atoms with Crippen LogP contribution in [0, 0.1) is 12.8 Å². The molecule has 0 aliphatic rings. The monoisotopic (exact) mass is 211 g/mol. The number of methoxy groups -OCH3 is 1. The quantitative estimate of drug-likeness (QED) is 0.801. The zero-order chi connectivity index (χ0) is 11.4. The average molecular weight is 211 g/mol. The van der Waals surface area contributed by atoms with Gasteiger partial charge in [0, 0.05) is 26.8 Å². The number of nitrogens with zero attached hydrogens (tertiary/aromatic N) is 2. The van der Waals surface area contributed by atoms with Crippen molar-refractivity contribution in [3.63, 3.8) is 0 Å². The predicted octanol–water partition coefficient (Wildman–Crippen LogP) is 1.40. The van der Waals surface area contributed by atoms with Crippen molar-refractivity contribution in [2.45, 2.75) is 26.3 Å². The van der Waals surface area contributed by atoms with E-state index in [-0.39, 0.29) is 6.04 Å². The van der Waals surface area contributed by atoms with Gasteiger partial charge in [-0.05, 0) is 25.3 Å². The SMILES string of the molecule is COCCC(C)C(N)c1cc(C)nn1C. The first-order valence-corrected chi connectivity index (χ1v) is 5.31. The summed E-state index contributed by atoms with van der Waals surface area (Å²) in [6, 6.07) is 2.08. The maximum atomic E-state index is 6.18. The van der Waals surface area contributed by atoms with Crippen molar-refractivity contribution >= 4 is 0 Å². The van der Waals surface area contributed by atoms with Crippen molar-refractivity contribution in [2.24, 2.45) is 18.7 Å². The van der Waals surface area contributed by atoms with Gasteiger partial charge in [0.05, 0.1) is 11.4 Å². The Hall–Kier alpha value is -0.870. The van der Waals surface area contributed by atoms with E-state index in [4.69, 9.17) is 10.5 Å². The number of hydrogen-bond donors (Lipinski definition) is 1. The third-order valence-corrected chi connectivity index (χ3v) is 2.77. The fourth-order valence-electron chi connectivity index (χ4n) is 1.72. The Labute approximate surface area is 91.4 Å². The van der Waals surface area contributed by atoms with Crippen LogP contribution in [0.4, 0.5) is 0 Å². The highest BCUT2D eigenvalue weighted by atomic mass is 16.5. The van der Waals surface area contributed by atoms with Gasteiger partial charge in [0.25, 0.3) is 0 Å². The minimum absolute atomic E-state index is 0.0337. The van der Waals surface area contributed by atoms with Gasteiger partial charge in [-0.2, -0.15) is 5.10 Å². The van der Waals surface area contributed by atoms with Gasteiger partial charge < -0.3 is 10.5 Å². The molecule has 15 heavy (non-hydrogen) atoms. The number of hydrogen-bond acceptors (Lipinski definition) is 3. The van der Waals surface area contributed by atoms with Crippen LogP contribution in [0.3, 0.4) is 0 Å². The Morgan fingerprint density at radius 3 is 2.73 bits per heavy atom. The molecule has 0 saturated heterocycles. The van der Waals surface area contributed by atoms with E-state index in [1.165, 1.54) is 0 Å². The van der Waals surface area contributed by atoms with Crippen LogP contribution in [-0.4, -0.2) is 23.5 Å². The lowest BCUT2D eigenvalue weighted by atomic mass is 9.96. The lowest BCUT2D eigenvalue weighted by Crippen LogP contribution is -2.22. The van der Waals surface area contributed by atoms with Crippen molar-refractivity contribution in [2.75, 3.05) is 13.7 Å². The molecule has 0 amide bonds. The number of rotatable bonds is 5. The van der Waals surface area contributed by atoms with E-state index < -0.39 is 0 Å². The van der Waals surface area contributed by atoms with Crippen LogP contribution < -0.4 is 5.73 Å². The molecular formula is C11H21N3O. The maximum absolute atomic E-state index is 6.18. The van der Waals surface area contributed by atoms with Crippen molar-refractivity contribution < 1.29 is 4.74 Å². The minimum atomic E-state index is 0.0337. The molecule has 4 heteroatoms. The first-order valence-electron chi connectivity index (χ1n) is 5.31. The Kier molecular flexibility index (Phi) is 4.29. The van der Waals surface area contributed by atoms with Gasteiger partial charge >= 0.3 is 0 Å². The third-order valence-electron chi connectivity index (χ3n) is 2.77. The molecule has 2 N–H and O–H groups in total. The molecule has 1 aromatic rings. The zero-order valence-electron chi connectivity index (χ0n) is 10.0. The van der Waals surface area contributed by atoms with Crippen LogP contribution in [0.25, 0.3) is 0 Å². The Bertz CT molecular complexity index is 309. The summed E-state index contributed by atoms with van der Waals surface area (Å²) in [5, 5.41) is 4.30. The summed E-state index contributed by atoms with van der Waals surface area (Å²) in [6.45, 7) is 4.88. The summed E-state index contributed by atoms with van der Waals surface area (Å²) in [4.78, 5) is 0. The second kappa shape index (κ2) is 5.28. The van der Waals surface area contributed by atoms with Crippen LogP contribution in [0.15, 0.2) is 6.07 Å². The topological polar surface area (TPSA) is 53.1 Å². The molecule has 2 unspecified atom stereocenters. The van der Waals surface area contributed by atoms with Crippen molar-refractivity contribution in [1.82, 2.24) is 9.78 Å². The molecule has 4 nitrogen and oxygen atoms in total. The molecule has 0 saturated carbocycles. The Morgan fingerprint density at radius 1 is 1.60 bits per heavy atom. The molecule has 1 aromatic heterocycles. The first kappa shape index (κ1) is 12.2. The molecule has 0 aliphatic carbocycles. The molecule has 1 heterocycles. The van der Waals surface area contributed by atoms with Gasteiger partial charge in [0.15, 0.2) is 0 Å². The van der Waals surface area contributed by atoms with Crippen LogP contribution in [0.2, 0.25) is 0 Å². The van der Waals surface area contributed by atoms with E-state index >= 15 is 0 Å². The van der Waals surface area contributed by atoms with E-state index in [9.17, 15) is 0 Å². The molecule has 0 spiro atoms. The van der Waals surface area contributed by atoms with E-state index in [0.29, 0.717) is 5.92 Å². The van der Waals surface area contributed by atoms with Gasteiger partial charge in [-0.3, -0.25) is 4.68 Å². The molecule has 0 radical (unpaired) electrons. The second-order valence-electron chi connectivity index (χ2n) is 4.12. The summed E-state index contributed by atoms with van der Waals surface area (Å²) in [6.07, 6.45) is 0.974. The van der Waals surface area contributed by atoms with Gasteiger partial charge in [-0.1, -0.05) is 6.92 Å². The highest BCUT2D eigenvalue weighted by Crippen LogP contribution is 2.22. The lowest BCUT2D eigenvalue weighted by Gasteiger charge is -2.19. The van der Waals surface area contributed by atoms with E-state index in [2.05, 4.69) is 12.0 Å². The average Bonchev–Trinajstić information content (AvgIpc) is 2.53. The predicted molar refractivity (Wildman–Crippen MR) is 60.5 cm³/mol. The molecule has 2 atom stereocenters. The fourth-order valence-corrected chi connectivity index (χ4v) is 1.72. The van der Waals surface area contributed by atoms with Crippen molar-refractivity contribution in [3.05, 3.63) is 17.5 Å². The van der Waals surface area contributed by atoms with E-state index in [0.717, 1.165) is 24.4 Å². The van der Waals surface area contributed by atoms with Crippen molar-refractivity contribution in [3.8, 4) is 0 Å². The third kappa shape index (κ3) is 3.04. The summed E-state index contributed by atoms with van der Waals surface area (Å²) < 4.78 is 6.92. The first-order chi connectivity index (χ1) is 7.06. The molecule has 0 fully saturated rings. The van der Waals surface area contributed by atoms with E-state index in [1.54, 1.807) is 7.11 Å². The fraction of sp³-hybridized carbons (Fsp3) is 0.727. The molecule has 0 bridgehead atoms. The normalized spacial score (nSPS) is 15.3. The smallest absolute Gasteiger partial charge is 0.0597 e. The summed E-state index contributed by atoms with van der Waals surface area (Å²) >= 11 is 0. The largest absolute Gasteiger partial charge is 0.385 e. The summed E-state index contributed by atoms with van der Waals surface area (Å²) in [5.41, 5.74) is 8.29. The van der Waals surface area contributed by atoms with Crippen LogP contribution in [0.1, 0.15) is 30.8 Å². The molecule has 0 aliphatic heterocycles. The second-order valence-corrected chi connectivity index (χ2v) is 4.12. The van der Waals surface area contributed by atoms with E-state index in [1.807, 2.05) is 24.7 Å². The van der Waals surface area contributed by atoms with Crippen LogP contribution >= 0.6 is 0 Å². The standard InChI is InChI=1S/C11H21N3O/c1-8(5-6-15-4)11(12)10-7-9(2)13-14(10)3/h7-8,11H,5-6,12H2,1-4H3. The Balaban J connectivity index is 2.66. The number of ether oxygens (including phenoxy) is 1. The minimum Gasteiger partial charge on any atom is -0.385 e. The van der Waals surface area contributed by atoms with Gasteiger partial charge in [-0.15, -0.1) is 0 Å². The highest BCUT2D eigenvalue weighted by Gasteiger charge is 2.18. The van der Waals surface area contributed by atoms with Gasteiger partial charge in [0.1, 0.15) is 0 Å². The van der Waals surface area contributed by atoms with Gasteiger partial charge in [0.2, 0.25) is 0 Å². The van der Waals surface area contributed by atoms with Crippen LogP contribution in [-0.2, 0) is 11.8 Å². The van der Waals surface area contributed by atoms with Crippen molar-refractivity contribution in [1.29, 1.82) is 0 Å².